The van der Waals surface area contributed by atoms with Crippen LogP contribution in [-0.2, 0) is 4.74 Å². The zero-order valence-electron chi connectivity index (χ0n) is 13.5. The molecule has 8 heteroatoms. The summed E-state index contributed by atoms with van der Waals surface area (Å²) in [5.41, 5.74) is 0.853. The molecule has 126 valence electrons. The molecule has 2 aromatic rings. The molecule has 2 aromatic heterocycles. The molecule has 1 saturated heterocycles. The van der Waals surface area contributed by atoms with E-state index in [0.29, 0.717) is 42.7 Å². The third kappa shape index (κ3) is 3.43. The van der Waals surface area contributed by atoms with Crippen molar-refractivity contribution in [2.24, 2.45) is 0 Å². The molecule has 0 radical (unpaired) electrons. The first-order valence-corrected chi connectivity index (χ1v) is 7.55. The van der Waals surface area contributed by atoms with Crippen molar-refractivity contribution in [2.75, 3.05) is 26.8 Å². The molecule has 0 aliphatic carbocycles. The summed E-state index contributed by atoms with van der Waals surface area (Å²) in [6, 6.07) is 4.73. The fourth-order valence-electron chi connectivity index (χ4n) is 2.56. The van der Waals surface area contributed by atoms with Crippen molar-refractivity contribution in [3.05, 3.63) is 51.8 Å². The maximum Gasteiger partial charge on any atom is 0.255 e. The lowest BCUT2D eigenvalue weighted by molar-refractivity contribution is -0.0269. The SMILES string of the molecule is COc1ccc(C(=O)N2CCO[C@H](c3nc(C)cc(=O)[nH]3)C2)cn1. The van der Waals surface area contributed by atoms with Crippen LogP contribution in [0.3, 0.4) is 0 Å². The maximum atomic E-state index is 12.6. The topological polar surface area (TPSA) is 97.4 Å². The molecule has 1 fully saturated rings. The summed E-state index contributed by atoms with van der Waals surface area (Å²) in [6.45, 7) is 2.90. The quantitative estimate of drug-likeness (QED) is 0.889. The average molecular weight is 330 g/mol. The van der Waals surface area contributed by atoms with Gasteiger partial charge in [-0.1, -0.05) is 0 Å². The Morgan fingerprint density at radius 2 is 2.29 bits per heavy atom. The Hall–Kier alpha value is -2.74. The number of rotatable bonds is 3. The third-order valence-corrected chi connectivity index (χ3v) is 3.74. The Bertz CT molecular complexity index is 787. The summed E-state index contributed by atoms with van der Waals surface area (Å²) < 4.78 is 10.7. The van der Waals surface area contributed by atoms with Crippen LogP contribution in [0.4, 0.5) is 0 Å². The van der Waals surface area contributed by atoms with E-state index in [9.17, 15) is 9.59 Å². The molecule has 8 nitrogen and oxygen atoms in total. The second-order valence-corrected chi connectivity index (χ2v) is 5.47. The molecule has 24 heavy (non-hydrogen) atoms. The van der Waals surface area contributed by atoms with Gasteiger partial charge in [-0.05, 0) is 13.0 Å². The Morgan fingerprint density at radius 1 is 1.46 bits per heavy atom. The molecule has 1 aliphatic heterocycles. The Kier molecular flexibility index (Phi) is 4.57. The predicted octanol–water partition coefficient (Wildman–Crippen LogP) is 0.696. The van der Waals surface area contributed by atoms with E-state index < -0.39 is 6.10 Å². The van der Waals surface area contributed by atoms with E-state index in [4.69, 9.17) is 9.47 Å². The van der Waals surface area contributed by atoms with Gasteiger partial charge >= 0.3 is 0 Å². The van der Waals surface area contributed by atoms with Gasteiger partial charge in [0.1, 0.15) is 11.9 Å². The van der Waals surface area contributed by atoms with Crippen molar-refractivity contribution in [3.8, 4) is 5.88 Å². The molecule has 1 amide bonds. The fraction of sp³-hybridized carbons (Fsp3) is 0.375. The lowest BCUT2D eigenvalue weighted by atomic mass is 10.2. The molecule has 3 heterocycles. The molecule has 1 aliphatic rings. The number of ether oxygens (including phenoxy) is 2. The van der Waals surface area contributed by atoms with Gasteiger partial charge in [0.15, 0.2) is 0 Å². The number of hydrogen-bond donors (Lipinski definition) is 1. The van der Waals surface area contributed by atoms with Gasteiger partial charge < -0.3 is 19.4 Å². The average Bonchev–Trinajstić information content (AvgIpc) is 2.60. The summed E-state index contributed by atoms with van der Waals surface area (Å²) >= 11 is 0. The monoisotopic (exact) mass is 330 g/mol. The van der Waals surface area contributed by atoms with E-state index in [0.717, 1.165) is 0 Å². The number of aromatic nitrogens is 3. The van der Waals surface area contributed by atoms with Gasteiger partial charge in [-0.3, -0.25) is 9.59 Å². The Morgan fingerprint density at radius 3 is 2.96 bits per heavy atom. The number of carbonyl (C=O) groups excluding carboxylic acids is 1. The maximum absolute atomic E-state index is 12.6. The second-order valence-electron chi connectivity index (χ2n) is 5.47. The smallest absolute Gasteiger partial charge is 0.255 e. The van der Waals surface area contributed by atoms with E-state index in [-0.39, 0.29) is 11.5 Å². The standard InChI is InChI=1S/C16H18N4O4/c1-10-7-13(21)19-15(18-10)12-9-20(5-6-24-12)16(22)11-3-4-14(23-2)17-8-11/h3-4,7-8,12H,5-6,9H2,1-2H3,(H,18,19,21)/t12-/m0/s1. The lowest BCUT2D eigenvalue weighted by Crippen LogP contribution is -2.43. The second kappa shape index (κ2) is 6.79. The van der Waals surface area contributed by atoms with Crippen LogP contribution >= 0.6 is 0 Å². The van der Waals surface area contributed by atoms with E-state index in [1.54, 1.807) is 24.0 Å². The van der Waals surface area contributed by atoms with E-state index in [1.165, 1.54) is 19.4 Å². The van der Waals surface area contributed by atoms with Gasteiger partial charge in [-0.2, -0.15) is 0 Å². The minimum Gasteiger partial charge on any atom is -0.481 e. The van der Waals surface area contributed by atoms with Gasteiger partial charge in [0.25, 0.3) is 11.5 Å². The summed E-state index contributed by atoms with van der Waals surface area (Å²) in [5, 5.41) is 0. The van der Waals surface area contributed by atoms with E-state index in [1.807, 2.05) is 0 Å². The number of carbonyl (C=O) groups is 1. The third-order valence-electron chi connectivity index (χ3n) is 3.74. The van der Waals surface area contributed by atoms with Crippen molar-refractivity contribution < 1.29 is 14.3 Å². The molecule has 1 atom stereocenters. The highest BCUT2D eigenvalue weighted by atomic mass is 16.5. The Labute approximate surface area is 138 Å². The molecular weight excluding hydrogens is 312 g/mol. The van der Waals surface area contributed by atoms with Gasteiger partial charge in [-0.15, -0.1) is 0 Å². The number of aryl methyl sites for hydroxylation is 1. The Balaban J connectivity index is 1.77. The molecule has 1 N–H and O–H groups in total. The lowest BCUT2D eigenvalue weighted by Gasteiger charge is -2.32. The molecule has 0 spiro atoms. The highest BCUT2D eigenvalue weighted by Crippen LogP contribution is 2.20. The first-order chi connectivity index (χ1) is 11.6. The van der Waals surface area contributed by atoms with Crippen molar-refractivity contribution in [1.82, 2.24) is 19.9 Å². The molecule has 0 saturated carbocycles. The zero-order chi connectivity index (χ0) is 17.1. The number of H-pyrrole nitrogens is 1. The molecule has 3 rings (SSSR count). The van der Waals surface area contributed by atoms with Gasteiger partial charge in [0, 0.05) is 30.6 Å². The normalized spacial score (nSPS) is 17.6. The van der Waals surface area contributed by atoms with Crippen LogP contribution in [0, 0.1) is 6.92 Å². The minimum atomic E-state index is -0.457. The molecular formula is C16H18N4O4. The van der Waals surface area contributed by atoms with E-state index in [2.05, 4.69) is 15.0 Å². The van der Waals surface area contributed by atoms with Crippen LogP contribution in [0.15, 0.2) is 29.2 Å². The summed E-state index contributed by atoms with van der Waals surface area (Å²) in [7, 11) is 1.52. The highest BCUT2D eigenvalue weighted by molar-refractivity contribution is 5.94. The van der Waals surface area contributed by atoms with Crippen LogP contribution in [0.2, 0.25) is 0 Å². The van der Waals surface area contributed by atoms with Crippen LogP contribution in [0.25, 0.3) is 0 Å². The predicted molar refractivity (Wildman–Crippen MR) is 85.0 cm³/mol. The van der Waals surface area contributed by atoms with Crippen molar-refractivity contribution >= 4 is 5.91 Å². The largest absolute Gasteiger partial charge is 0.481 e. The zero-order valence-corrected chi connectivity index (χ0v) is 13.5. The fourth-order valence-corrected chi connectivity index (χ4v) is 2.56. The van der Waals surface area contributed by atoms with Crippen molar-refractivity contribution in [2.45, 2.75) is 13.0 Å². The number of methoxy groups -OCH3 is 1. The van der Waals surface area contributed by atoms with Crippen LogP contribution in [0.5, 0.6) is 5.88 Å². The summed E-state index contributed by atoms with van der Waals surface area (Å²) in [4.78, 5) is 36.9. The highest BCUT2D eigenvalue weighted by Gasteiger charge is 2.28. The van der Waals surface area contributed by atoms with Gasteiger partial charge in [0.2, 0.25) is 5.88 Å². The first-order valence-electron chi connectivity index (χ1n) is 7.55. The van der Waals surface area contributed by atoms with Crippen molar-refractivity contribution in [1.29, 1.82) is 0 Å². The number of hydrogen-bond acceptors (Lipinski definition) is 6. The van der Waals surface area contributed by atoms with Crippen LogP contribution in [0.1, 0.15) is 28.0 Å². The summed E-state index contributed by atoms with van der Waals surface area (Å²) in [6.07, 6.45) is 1.03. The number of nitrogens with zero attached hydrogens (tertiary/aromatic N) is 3. The van der Waals surface area contributed by atoms with Crippen LogP contribution < -0.4 is 10.3 Å². The number of nitrogens with one attached hydrogen (secondary N) is 1. The van der Waals surface area contributed by atoms with Gasteiger partial charge in [-0.25, -0.2) is 9.97 Å². The number of pyridine rings is 1. The molecule has 0 unspecified atom stereocenters. The molecule has 0 aromatic carbocycles. The first kappa shape index (κ1) is 16.1. The van der Waals surface area contributed by atoms with Crippen LogP contribution in [-0.4, -0.2) is 52.6 Å². The van der Waals surface area contributed by atoms with E-state index >= 15 is 0 Å². The number of morpholine rings is 1. The minimum absolute atomic E-state index is 0.145. The van der Waals surface area contributed by atoms with Crippen molar-refractivity contribution in [3.63, 3.8) is 0 Å². The molecule has 0 bridgehead atoms. The van der Waals surface area contributed by atoms with Gasteiger partial charge in [0.05, 0.1) is 25.8 Å². The summed E-state index contributed by atoms with van der Waals surface area (Å²) in [5.74, 6) is 0.742. The number of aromatic amines is 1. The number of amides is 1.